The number of hydrogen-bond acceptors (Lipinski definition) is 2. The smallest absolute Gasteiger partial charge is 0.335 e. The highest BCUT2D eigenvalue weighted by atomic mass is 16.5. The van der Waals surface area contributed by atoms with Gasteiger partial charge in [0.05, 0.1) is 5.56 Å². The first-order valence-corrected chi connectivity index (χ1v) is 11.5. The lowest BCUT2D eigenvalue weighted by atomic mass is 9.88. The van der Waals surface area contributed by atoms with Crippen LogP contribution in [0.1, 0.15) is 47.8 Å². The van der Waals surface area contributed by atoms with Crippen LogP contribution in [0.25, 0.3) is 28.1 Å². The van der Waals surface area contributed by atoms with E-state index in [-0.39, 0.29) is 5.56 Å². The number of aromatic nitrogens is 1. The van der Waals surface area contributed by atoms with Crippen LogP contribution in [-0.2, 0) is 6.42 Å². The number of aromatic carboxylic acids is 1. The Morgan fingerprint density at radius 3 is 2.12 bits per heavy atom. The fourth-order valence-corrected chi connectivity index (χ4v) is 4.42. The minimum absolute atomic E-state index is 0.277. The van der Waals surface area contributed by atoms with Gasteiger partial charge in [-0.1, -0.05) is 43.3 Å². The summed E-state index contributed by atoms with van der Waals surface area (Å²) in [6.45, 7) is 6.33. The molecule has 4 aromatic rings. The van der Waals surface area contributed by atoms with Gasteiger partial charge in [-0.2, -0.15) is 0 Å². The zero-order valence-corrected chi connectivity index (χ0v) is 19.6. The number of H-pyrrole nitrogens is 1. The van der Waals surface area contributed by atoms with E-state index >= 15 is 0 Å². The van der Waals surface area contributed by atoms with E-state index in [0.29, 0.717) is 0 Å². The second-order valence-corrected chi connectivity index (χ2v) is 9.19. The van der Waals surface area contributed by atoms with Crippen molar-refractivity contribution in [2.75, 3.05) is 0 Å². The van der Waals surface area contributed by atoms with Gasteiger partial charge in [0, 0.05) is 17.0 Å². The third kappa shape index (κ3) is 4.15. The number of ether oxygens (including phenoxy) is 1. The van der Waals surface area contributed by atoms with Gasteiger partial charge in [-0.25, -0.2) is 4.79 Å². The van der Waals surface area contributed by atoms with Crippen LogP contribution in [0.4, 0.5) is 0 Å². The maximum atomic E-state index is 11.1. The van der Waals surface area contributed by atoms with Crippen molar-refractivity contribution in [3.05, 3.63) is 107 Å². The molecule has 5 rings (SSSR count). The Labute approximate surface area is 199 Å². The van der Waals surface area contributed by atoms with Gasteiger partial charge in [-0.05, 0) is 96.6 Å². The maximum Gasteiger partial charge on any atom is 0.335 e. The zero-order chi connectivity index (χ0) is 23.9. The standard InChI is InChI=1S/C30H27NO3/c1-4-19-5-7-20(8-6-19)25-18-30(2,3)34-28-16-13-23(17-24(25)28)27-15-14-26(31-27)21-9-11-22(12-10-21)29(32)33/h5-18,31H,4H2,1-3H3,(H,32,33). The van der Waals surface area contributed by atoms with Crippen LogP contribution in [-0.4, -0.2) is 21.7 Å². The lowest BCUT2D eigenvalue weighted by Crippen LogP contribution is -2.29. The van der Waals surface area contributed by atoms with E-state index in [0.717, 1.165) is 40.2 Å². The number of nitrogens with one attached hydrogen (secondary N) is 1. The number of aryl methyl sites for hydroxylation is 1. The van der Waals surface area contributed by atoms with Crippen LogP contribution >= 0.6 is 0 Å². The monoisotopic (exact) mass is 449 g/mol. The molecule has 0 saturated heterocycles. The SMILES string of the molecule is CCc1ccc(C2=CC(C)(C)Oc3ccc(-c4ccc(-c5ccc(C(=O)O)cc5)[nH]4)cc32)cc1. The van der Waals surface area contributed by atoms with Crippen molar-refractivity contribution < 1.29 is 14.6 Å². The molecule has 0 amide bonds. The van der Waals surface area contributed by atoms with Gasteiger partial charge in [-0.3, -0.25) is 0 Å². The fourth-order valence-electron chi connectivity index (χ4n) is 4.42. The molecule has 34 heavy (non-hydrogen) atoms. The lowest BCUT2D eigenvalue weighted by molar-refractivity contribution is 0.0697. The molecule has 4 heteroatoms. The van der Waals surface area contributed by atoms with Gasteiger partial charge in [0.15, 0.2) is 0 Å². The predicted molar refractivity (Wildman–Crippen MR) is 136 cm³/mol. The first kappa shape index (κ1) is 21.8. The minimum Gasteiger partial charge on any atom is -0.483 e. The van der Waals surface area contributed by atoms with Crippen molar-refractivity contribution in [2.24, 2.45) is 0 Å². The van der Waals surface area contributed by atoms with Gasteiger partial charge in [0.25, 0.3) is 0 Å². The second-order valence-electron chi connectivity index (χ2n) is 9.19. The largest absolute Gasteiger partial charge is 0.483 e. The average Bonchev–Trinajstić information content (AvgIpc) is 3.33. The van der Waals surface area contributed by atoms with E-state index in [9.17, 15) is 4.79 Å². The summed E-state index contributed by atoms with van der Waals surface area (Å²) in [5.41, 5.74) is 8.56. The minimum atomic E-state index is -0.925. The van der Waals surface area contributed by atoms with Gasteiger partial charge in [0.1, 0.15) is 11.4 Å². The molecule has 1 aliphatic heterocycles. The van der Waals surface area contributed by atoms with Crippen LogP contribution in [0.15, 0.2) is 84.9 Å². The molecule has 0 fully saturated rings. The Morgan fingerprint density at radius 1 is 0.853 bits per heavy atom. The van der Waals surface area contributed by atoms with Gasteiger partial charge >= 0.3 is 5.97 Å². The molecule has 2 heterocycles. The number of rotatable bonds is 5. The Bertz CT molecular complexity index is 1390. The summed E-state index contributed by atoms with van der Waals surface area (Å²) in [5.74, 6) is -0.0479. The number of carboxylic acid groups (broad SMARTS) is 1. The summed E-state index contributed by atoms with van der Waals surface area (Å²) in [7, 11) is 0. The van der Waals surface area contributed by atoms with Crippen molar-refractivity contribution >= 4 is 11.5 Å². The topological polar surface area (TPSA) is 62.3 Å². The molecule has 0 saturated carbocycles. The third-order valence-corrected chi connectivity index (χ3v) is 6.25. The average molecular weight is 450 g/mol. The molecular weight excluding hydrogens is 422 g/mol. The molecule has 1 aliphatic rings. The highest BCUT2D eigenvalue weighted by molar-refractivity contribution is 5.89. The van der Waals surface area contributed by atoms with Crippen molar-refractivity contribution in [2.45, 2.75) is 32.8 Å². The third-order valence-electron chi connectivity index (χ3n) is 6.25. The van der Waals surface area contributed by atoms with E-state index in [1.165, 1.54) is 16.7 Å². The summed E-state index contributed by atoms with van der Waals surface area (Å²) < 4.78 is 6.28. The van der Waals surface area contributed by atoms with Crippen molar-refractivity contribution in [3.63, 3.8) is 0 Å². The molecule has 0 radical (unpaired) electrons. The van der Waals surface area contributed by atoms with E-state index in [4.69, 9.17) is 9.84 Å². The first-order chi connectivity index (χ1) is 16.3. The lowest BCUT2D eigenvalue weighted by Gasteiger charge is -2.31. The van der Waals surface area contributed by atoms with E-state index in [1.807, 2.05) is 24.3 Å². The highest BCUT2D eigenvalue weighted by Crippen LogP contribution is 2.41. The van der Waals surface area contributed by atoms with Gasteiger partial charge < -0.3 is 14.8 Å². The Balaban J connectivity index is 1.52. The Hall–Kier alpha value is -4.05. The highest BCUT2D eigenvalue weighted by Gasteiger charge is 2.27. The summed E-state index contributed by atoms with van der Waals surface area (Å²) in [6.07, 6.45) is 3.22. The fraction of sp³-hybridized carbons (Fsp3) is 0.167. The summed E-state index contributed by atoms with van der Waals surface area (Å²) in [4.78, 5) is 14.6. The predicted octanol–water partition coefficient (Wildman–Crippen LogP) is 7.21. The molecule has 0 unspecified atom stereocenters. The maximum absolute atomic E-state index is 11.1. The van der Waals surface area contributed by atoms with Crippen LogP contribution in [0.3, 0.4) is 0 Å². The van der Waals surface area contributed by atoms with E-state index < -0.39 is 11.6 Å². The molecule has 0 spiro atoms. The summed E-state index contributed by atoms with van der Waals surface area (Å²) in [5, 5.41) is 9.14. The molecule has 0 atom stereocenters. The Morgan fingerprint density at radius 2 is 1.47 bits per heavy atom. The van der Waals surface area contributed by atoms with Crippen LogP contribution in [0.5, 0.6) is 5.75 Å². The molecule has 170 valence electrons. The van der Waals surface area contributed by atoms with Crippen molar-refractivity contribution in [1.29, 1.82) is 0 Å². The number of aromatic amines is 1. The molecule has 0 aliphatic carbocycles. The molecule has 1 aromatic heterocycles. The molecule has 3 aromatic carbocycles. The van der Waals surface area contributed by atoms with E-state index in [2.05, 4.69) is 74.3 Å². The van der Waals surface area contributed by atoms with Crippen molar-refractivity contribution in [3.8, 4) is 28.3 Å². The van der Waals surface area contributed by atoms with Crippen LogP contribution in [0.2, 0.25) is 0 Å². The van der Waals surface area contributed by atoms with Crippen LogP contribution in [0, 0.1) is 0 Å². The quantitative estimate of drug-likeness (QED) is 0.338. The van der Waals surface area contributed by atoms with Gasteiger partial charge in [-0.15, -0.1) is 0 Å². The molecule has 0 bridgehead atoms. The summed E-state index contributed by atoms with van der Waals surface area (Å²) in [6, 6.07) is 26.0. The van der Waals surface area contributed by atoms with E-state index in [1.54, 1.807) is 12.1 Å². The summed E-state index contributed by atoms with van der Waals surface area (Å²) >= 11 is 0. The number of fused-ring (bicyclic) bond motifs is 1. The van der Waals surface area contributed by atoms with Crippen molar-refractivity contribution in [1.82, 2.24) is 4.98 Å². The molecular formula is C30H27NO3. The normalized spacial score (nSPS) is 14.1. The number of benzene rings is 3. The van der Waals surface area contributed by atoms with Gasteiger partial charge in [0.2, 0.25) is 0 Å². The molecule has 4 nitrogen and oxygen atoms in total. The zero-order valence-electron chi connectivity index (χ0n) is 19.6. The number of carboxylic acids is 1. The first-order valence-electron chi connectivity index (χ1n) is 11.5. The number of hydrogen-bond donors (Lipinski definition) is 2. The Kier molecular flexibility index (Phi) is 5.37. The molecule has 2 N–H and O–H groups in total. The second kappa shape index (κ2) is 8.38. The van der Waals surface area contributed by atoms with Crippen LogP contribution < -0.4 is 4.74 Å². The number of carbonyl (C=O) groups is 1.